The van der Waals surface area contributed by atoms with Crippen LogP contribution < -0.4 is 4.60 Å². The summed E-state index contributed by atoms with van der Waals surface area (Å²) >= 11 is 0. The molecule has 0 bridgehead atoms. The first kappa shape index (κ1) is 10.8. The highest BCUT2D eigenvalue weighted by molar-refractivity contribution is 6.05. The second-order valence-electron chi connectivity index (χ2n) is 3.08. The maximum atomic E-state index is 11.1. The summed E-state index contributed by atoms with van der Waals surface area (Å²) in [6.07, 6.45) is -1.32. The van der Waals surface area contributed by atoms with Gasteiger partial charge in [-0.25, -0.2) is 0 Å². The summed E-state index contributed by atoms with van der Waals surface area (Å²) < 4.78 is 3.94. The molecule has 1 aliphatic carbocycles. The minimum absolute atomic E-state index is 0.250. The van der Waals surface area contributed by atoms with E-state index in [0.717, 1.165) is 0 Å². The van der Waals surface area contributed by atoms with E-state index in [1.807, 2.05) is 5.16 Å². The van der Waals surface area contributed by atoms with Gasteiger partial charge < -0.3 is 15.5 Å². The number of aromatic amines is 1. The third-order valence-electron chi connectivity index (χ3n) is 2.17. The summed E-state index contributed by atoms with van der Waals surface area (Å²) in [5, 5.41) is 43.3. The number of aliphatic hydroxyl groups excluding tert-OH is 1. The number of aliphatic hydroxyl groups is 1. The van der Waals surface area contributed by atoms with Crippen LogP contribution in [0.3, 0.4) is 0 Å². The highest BCUT2D eigenvalue weighted by Gasteiger charge is 2.45. The summed E-state index contributed by atoms with van der Waals surface area (Å²) in [6, 6.07) is 0. The number of nitrogens with zero attached hydrogens (tertiary/aromatic N) is 3. The lowest BCUT2D eigenvalue weighted by Crippen LogP contribution is -2.30. The van der Waals surface area contributed by atoms with E-state index in [1.165, 1.54) is 0 Å². The molecule has 11 heteroatoms. The maximum Gasteiger partial charge on any atom is 0.295 e. The molecule has 1 aromatic rings. The molecule has 0 radical (unpaired) electrons. The first-order chi connectivity index (χ1) is 7.93. The number of aromatic nitrogens is 2. The number of allylic oxidation sites excluding steroid dienone is 1. The number of hydrogen-bond acceptors (Lipinski definition) is 7. The number of H-pyrrole nitrogens is 1. The lowest BCUT2D eigenvalue weighted by Gasteiger charge is -2.10. The minimum atomic E-state index is -1.89. The van der Waals surface area contributed by atoms with Crippen molar-refractivity contribution >= 4 is 5.71 Å². The van der Waals surface area contributed by atoms with Crippen molar-refractivity contribution in [3.05, 3.63) is 48.6 Å². The van der Waals surface area contributed by atoms with Gasteiger partial charge in [-0.15, -0.1) is 0 Å². The Morgan fingerprint density at radius 3 is 2.65 bits per heavy atom. The zero-order chi connectivity index (χ0) is 12.7. The average Bonchev–Trinajstić information content (AvgIpc) is 2.61. The highest BCUT2D eigenvalue weighted by Crippen LogP contribution is 2.26. The fourth-order valence-electron chi connectivity index (χ4n) is 1.43. The third-order valence-corrected chi connectivity index (χ3v) is 2.17. The van der Waals surface area contributed by atoms with E-state index < -0.39 is 38.7 Å². The van der Waals surface area contributed by atoms with Crippen molar-refractivity contribution in [3.8, 4) is 0 Å². The third kappa shape index (κ3) is 1.45. The number of hydrogen-bond donors (Lipinski definition) is 2. The van der Waals surface area contributed by atoms with Crippen LogP contribution in [0.4, 0.5) is 0 Å². The van der Waals surface area contributed by atoms with Gasteiger partial charge in [-0.05, 0) is 4.91 Å². The van der Waals surface area contributed by atoms with Gasteiger partial charge in [0.1, 0.15) is 0 Å². The smallest absolute Gasteiger partial charge is 0.295 e. The Bertz CT molecular complexity index is 604. The number of fused-ring (bicyclic) bond motifs is 1. The van der Waals surface area contributed by atoms with Crippen molar-refractivity contribution < 1.29 is 24.2 Å². The molecular weight excluding hydrogens is 240 g/mol. The molecule has 2 N–H and O–H groups in total. The molecule has 17 heavy (non-hydrogen) atoms. The number of rotatable bonds is 1. The Balaban J connectivity index is 2.76. The van der Waals surface area contributed by atoms with Crippen molar-refractivity contribution in [2.45, 2.75) is 6.10 Å². The quantitative estimate of drug-likeness (QED) is 0.345. The fraction of sp³-hybridized carbons (Fsp3) is 0.167. The SMILES string of the molecule is O=[N+]([O-])C1=CC(=[N+]([O-])[O-])c2[nH]o[n+](=O)c2C1O. The normalized spacial score (nSPS) is 18.5. The number of nitro groups is 1. The molecule has 2 rings (SSSR count). The zero-order valence-electron chi connectivity index (χ0n) is 7.89. The van der Waals surface area contributed by atoms with Crippen LogP contribution in [0, 0.1) is 25.4 Å². The molecule has 0 saturated carbocycles. The fourth-order valence-corrected chi connectivity index (χ4v) is 1.43. The molecule has 1 heterocycles. The second kappa shape index (κ2) is 3.41. The van der Waals surface area contributed by atoms with Crippen LogP contribution >= 0.6 is 0 Å². The molecule has 1 aliphatic rings. The molecule has 0 amide bonds. The first-order valence-electron chi connectivity index (χ1n) is 4.13. The van der Waals surface area contributed by atoms with Crippen molar-refractivity contribution in [2.24, 2.45) is 0 Å². The van der Waals surface area contributed by atoms with Gasteiger partial charge in [0.05, 0.1) is 11.0 Å². The highest BCUT2D eigenvalue weighted by atomic mass is 16.8. The Morgan fingerprint density at radius 2 is 2.12 bits per heavy atom. The van der Waals surface area contributed by atoms with Gasteiger partial charge in [0.2, 0.25) is 6.10 Å². The molecule has 0 aliphatic heterocycles. The van der Waals surface area contributed by atoms with Gasteiger partial charge in [0.15, 0.2) is 4.60 Å². The first-order valence-corrected chi connectivity index (χ1v) is 4.13. The van der Waals surface area contributed by atoms with Crippen LogP contribution in [0.1, 0.15) is 17.5 Å². The van der Waals surface area contributed by atoms with E-state index >= 15 is 0 Å². The van der Waals surface area contributed by atoms with E-state index in [0.29, 0.717) is 6.08 Å². The van der Waals surface area contributed by atoms with Crippen LogP contribution in [0.25, 0.3) is 0 Å². The Hall–Kier alpha value is -2.69. The van der Waals surface area contributed by atoms with Gasteiger partial charge in [-0.2, -0.15) is 4.90 Å². The largest absolute Gasteiger partial charge is 0.612 e. The topological polar surface area (TPSA) is 164 Å². The van der Waals surface area contributed by atoms with Crippen LogP contribution in [-0.2, 0) is 0 Å². The van der Waals surface area contributed by atoms with E-state index in [9.17, 15) is 30.5 Å². The maximum absolute atomic E-state index is 11.1. The van der Waals surface area contributed by atoms with Crippen molar-refractivity contribution in [3.63, 3.8) is 0 Å². The van der Waals surface area contributed by atoms with Crippen LogP contribution in [0.5, 0.6) is 0 Å². The molecule has 90 valence electrons. The van der Waals surface area contributed by atoms with Gasteiger partial charge in [-0.3, -0.25) is 10.1 Å². The summed E-state index contributed by atoms with van der Waals surface area (Å²) in [7, 11) is 0. The minimum Gasteiger partial charge on any atom is -0.612 e. The lowest BCUT2D eigenvalue weighted by molar-refractivity contribution is -0.722. The van der Waals surface area contributed by atoms with Crippen LogP contribution in [0.2, 0.25) is 0 Å². The van der Waals surface area contributed by atoms with E-state index in [2.05, 4.69) is 4.63 Å². The monoisotopic (exact) mass is 244 g/mol. The van der Waals surface area contributed by atoms with Crippen LogP contribution in [-0.4, -0.2) is 25.8 Å². The summed E-state index contributed by atoms with van der Waals surface area (Å²) in [5.74, 6) is 0. The lowest BCUT2D eigenvalue weighted by atomic mass is 10.0. The van der Waals surface area contributed by atoms with Gasteiger partial charge >= 0.3 is 0 Å². The van der Waals surface area contributed by atoms with E-state index in [4.69, 9.17) is 0 Å². The molecule has 1 unspecified atom stereocenters. The van der Waals surface area contributed by atoms with Crippen molar-refractivity contribution in [1.82, 2.24) is 5.16 Å². The van der Waals surface area contributed by atoms with Crippen molar-refractivity contribution in [1.29, 1.82) is 0 Å². The molecule has 0 saturated heterocycles. The van der Waals surface area contributed by atoms with Crippen molar-refractivity contribution in [2.75, 3.05) is 0 Å². The summed E-state index contributed by atoms with van der Waals surface area (Å²) in [6.45, 7) is 0. The molecule has 11 nitrogen and oxygen atoms in total. The van der Waals surface area contributed by atoms with E-state index in [-0.39, 0.29) is 4.60 Å². The average molecular weight is 244 g/mol. The molecule has 1 aromatic heterocycles. The van der Waals surface area contributed by atoms with Crippen LogP contribution in [0.15, 0.2) is 16.4 Å². The molecule has 1 atom stereocenters. The zero-order valence-corrected chi connectivity index (χ0v) is 7.89. The van der Waals surface area contributed by atoms with Gasteiger partial charge in [0.25, 0.3) is 22.8 Å². The Kier molecular flexibility index (Phi) is 2.17. The standard InChI is InChI=1S/C6H4N4O7/c11-6-3(9(14)15)1-2(8(12)13)4-5(6)10(16)17-7-4/h1,6-7,11H. The number of nitrogens with one attached hydrogen (secondary N) is 1. The second-order valence-corrected chi connectivity index (χ2v) is 3.08. The molecule has 0 aromatic carbocycles. The van der Waals surface area contributed by atoms with Gasteiger partial charge in [-0.1, -0.05) is 9.79 Å². The Morgan fingerprint density at radius 1 is 1.47 bits per heavy atom. The molecule has 0 spiro atoms. The predicted molar refractivity (Wildman–Crippen MR) is 47.6 cm³/mol. The molecular formula is C6H4N4O7. The summed E-state index contributed by atoms with van der Waals surface area (Å²) in [5.41, 5.74) is -2.62. The van der Waals surface area contributed by atoms with Gasteiger partial charge in [0, 0.05) is 0 Å². The van der Waals surface area contributed by atoms with E-state index in [1.54, 1.807) is 0 Å². The summed E-state index contributed by atoms with van der Waals surface area (Å²) in [4.78, 5) is 19.7. The predicted octanol–water partition coefficient (Wildman–Crippen LogP) is -1.47. The Labute approximate surface area is 90.7 Å². The molecule has 0 fully saturated rings.